The van der Waals surface area contributed by atoms with Crippen molar-refractivity contribution < 1.29 is 17.9 Å². The van der Waals surface area contributed by atoms with Crippen molar-refractivity contribution in [1.82, 2.24) is 4.72 Å². The Balaban J connectivity index is 0.00000324. The van der Waals surface area contributed by atoms with Crippen LogP contribution in [0.2, 0.25) is 0 Å². The van der Waals surface area contributed by atoms with Gasteiger partial charge in [0.15, 0.2) is 0 Å². The van der Waals surface area contributed by atoms with Crippen molar-refractivity contribution in [1.29, 1.82) is 0 Å². The molecule has 0 radical (unpaired) electrons. The lowest BCUT2D eigenvalue weighted by Gasteiger charge is -2.10. The van der Waals surface area contributed by atoms with E-state index in [1.807, 2.05) is 0 Å². The van der Waals surface area contributed by atoms with Crippen molar-refractivity contribution >= 4 is 28.4 Å². The van der Waals surface area contributed by atoms with E-state index in [4.69, 9.17) is 5.73 Å². The standard InChI is InChI=1S/C11H16N2O4S.ClH/c1-8-3-4-10(9(7-8)11(14)17-2)18(15,16)13-6-5-12;/h3-4,7,13H,5-6,12H2,1-2H3;1H. The highest BCUT2D eigenvalue weighted by Crippen LogP contribution is 2.18. The lowest BCUT2D eigenvalue weighted by Crippen LogP contribution is -2.30. The van der Waals surface area contributed by atoms with Crippen LogP contribution in [-0.2, 0) is 14.8 Å². The molecule has 0 aromatic heterocycles. The van der Waals surface area contributed by atoms with Crippen LogP contribution in [-0.4, -0.2) is 34.6 Å². The van der Waals surface area contributed by atoms with Gasteiger partial charge in [-0.3, -0.25) is 0 Å². The van der Waals surface area contributed by atoms with Gasteiger partial charge in [0.2, 0.25) is 10.0 Å². The summed E-state index contributed by atoms with van der Waals surface area (Å²) in [4.78, 5) is 11.5. The number of carbonyl (C=O) groups excluding carboxylic acids is 1. The number of hydrogen-bond acceptors (Lipinski definition) is 5. The Kier molecular flexibility index (Phi) is 6.99. The molecule has 0 aliphatic rings. The molecule has 108 valence electrons. The third kappa shape index (κ3) is 4.46. The molecule has 0 saturated carbocycles. The van der Waals surface area contributed by atoms with Crippen LogP contribution in [0.1, 0.15) is 15.9 Å². The summed E-state index contributed by atoms with van der Waals surface area (Å²) in [5, 5.41) is 0. The zero-order valence-electron chi connectivity index (χ0n) is 10.7. The van der Waals surface area contributed by atoms with Gasteiger partial charge in [-0.05, 0) is 19.1 Å². The number of carbonyl (C=O) groups is 1. The SMILES string of the molecule is COC(=O)c1cc(C)ccc1S(=O)(=O)NCCN.Cl. The fourth-order valence-electron chi connectivity index (χ4n) is 1.42. The summed E-state index contributed by atoms with van der Waals surface area (Å²) in [6.07, 6.45) is 0. The minimum atomic E-state index is -3.76. The van der Waals surface area contributed by atoms with E-state index in [0.717, 1.165) is 5.56 Å². The van der Waals surface area contributed by atoms with E-state index in [2.05, 4.69) is 9.46 Å². The third-order valence-electron chi connectivity index (χ3n) is 2.27. The van der Waals surface area contributed by atoms with Crippen LogP contribution >= 0.6 is 12.4 Å². The molecule has 19 heavy (non-hydrogen) atoms. The zero-order chi connectivity index (χ0) is 13.8. The molecule has 8 heteroatoms. The molecule has 0 fully saturated rings. The van der Waals surface area contributed by atoms with Gasteiger partial charge in [-0.2, -0.15) is 0 Å². The molecule has 0 spiro atoms. The monoisotopic (exact) mass is 308 g/mol. The van der Waals surface area contributed by atoms with Crippen molar-refractivity contribution in [3.63, 3.8) is 0 Å². The molecule has 1 rings (SSSR count). The number of halogens is 1. The first-order valence-corrected chi connectivity index (χ1v) is 6.79. The van der Waals surface area contributed by atoms with E-state index in [1.54, 1.807) is 13.0 Å². The normalized spacial score (nSPS) is 10.7. The van der Waals surface area contributed by atoms with Crippen molar-refractivity contribution in [2.75, 3.05) is 20.2 Å². The summed E-state index contributed by atoms with van der Waals surface area (Å²) in [7, 11) is -2.55. The summed E-state index contributed by atoms with van der Waals surface area (Å²) >= 11 is 0. The largest absolute Gasteiger partial charge is 0.465 e. The Morgan fingerprint density at radius 3 is 2.58 bits per heavy atom. The van der Waals surface area contributed by atoms with Crippen LogP contribution in [0.3, 0.4) is 0 Å². The van der Waals surface area contributed by atoms with Gasteiger partial charge in [-0.25, -0.2) is 17.9 Å². The van der Waals surface area contributed by atoms with Gasteiger partial charge >= 0.3 is 5.97 Å². The molecule has 0 aliphatic carbocycles. The highest BCUT2D eigenvalue weighted by molar-refractivity contribution is 7.89. The Bertz CT molecular complexity index is 546. The summed E-state index contributed by atoms with van der Waals surface area (Å²) in [6.45, 7) is 2.05. The maximum Gasteiger partial charge on any atom is 0.339 e. The summed E-state index contributed by atoms with van der Waals surface area (Å²) in [6, 6.07) is 4.47. The molecule has 1 aromatic carbocycles. The molecule has 3 N–H and O–H groups in total. The average molecular weight is 309 g/mol. The molecule has 0 amide bonds. The second kappa shape index (κ2) is 7.44. The van der Waals surface area contributed by atoms with Crippen LogP contribution in [0.4, 0.5) is 0 Å². The number of benzene rings is 1. The molecule has 1 aromatic rings. The number of nitrogens with two attached hydrogens (primary N) is 1. The van der Waals surface area contributed by atoms with E-state index < -0.39 is 16.0 Å². The number of rotatable bonds is 5. The minimum absolute atomic E-state index is 0. The summed E-state index contributed by atoms with van der Waals surface area (Å²) in [5.41, 5.74) is 6.03. The summed E-state index contributed by atoms with van der Waals surface area (Å²) < 4.78 is 30.8. The molecule has 0 atom stereocenters. The van der Waals surface area contributed by atoms with Gasteiger partial charge in [0, 0.05) is 13.1 Å². The number of ether oxygens (including phenoxy) is 1. The topological polar surface area (TPSA) is 98.5 Å². The number of nitrogens with one attached hydrogen (secondary N) is 1. The van der Waals surface area contributed by atoms with Crippen molar-refractivity contribution in [2.24, 2.45) is 5.73 Å². The van der Waals surface area contributed by atoms with E-state index in [9.17, 15) is 13.2 Å². The maximum absolute atomic E-state index is 12.0. The maximum atomic E-state index is 12.0. The second-order valence-electron chi connectivity index (χ2n) is 3.68. The van der Waals surface area contributed by atoms with Gasteiger partial charge in [0.25, 0.3) is 0 Å². The van der Waals surface area contributed by atoms with Gasteiger partial charge in [-0.1, -0.05) is 11.6 Å². The smallest absolute Gasteiger partial charge is 0.339 e. The molecule has 0 aliphatic heterocycles. The van der Waals surface area contributed by atoms with Crippen LogP contribution in [0.25, 0.3) is 0 Å². The zero-order valence-corrected chi connectivity index (χ0v) is 12.3. The Hall–Kier alpha value is -1.15. The number of methoxy groups -OCH3 is 1. The van der Waals surface area contributed by atoms with Crippen LogP contribution in [0, 0.1) is 6.92 Å². The lowest BCUT2D eigenvalue weighted by atomic mass is 10.1. The molecular weight excluding hydrogens is 292 g/mol. The summed E-state index contributed by atoms with van der Waals surface area (Å²) in [5.74, 6) is -0.688. The predicted octanol–water partition coefficient (Wildman–Crippen LogP) is 0.440. The van der Waals surface area contributed by atoms with Crippen molar-refractivity contribution in [2.45, 2.75) is 11.8 Å². The minimum Gasteiger partial charge on any atom is -0.465 e. The Morgan fingerprint density at radius 1 is 1.42 bits per heavy atom. The number of aryl methyl sites for hydroxylation is 1. The Labute approximate surface area is 118 Å². The quantitative estimate of drug-likeness (QED) is 0.769. The highest BCUT2D eigenvalue weighted by atomic mass is 35.5. The first-order valence-electron chi connectivity index (χ1n) is 5.31. The van der Waals surface area contributed by atoms with Gasteiger partial charge in [0.1, 0.15) is 0 Å². The lowest BCUT2D eigenvalue weighted by molar-refractivity contribution is 0.0596. The number of hydrogen-bond donors (Lipinski definition) is 2. The van der Waals surface area contributed by atoms with E-state index in [-0.39, 0.29) is 36.0 Å². The highest BCUT2D eigenvalue weighted by Gasteiger charge is 2.22. The van der Waals surface area contributed by atoms with Gasteiger partial charge in [-0.15, -0.1) is 12.4 Å². The first-order chi connectivity index (χ1) is 8.42. The van der Waals surface area contributed by atoms with Gasteiger partial charge in [0.05, 0.1) is 17.6 Å². The molecule has 0 unspecified atom stereocenters. The first kappa shape index (κ1) is 17.8. The molecule has 0 bridgehead atoms. The molecule has 6 nitrogen and oxygen atoms in total. The van der Waals surface area contributed by atoms with Gasteiger partial charge < -0.3 is 10.5 Å². The molecule has 0 heterocycles. The molecular formula is C11H17ClN2O4S. The van der Waals surface area contributed by atoms with E-state index in [1.165, 1.54) is 19.2 Å². The molecule has 0 saturated heterocycles. The van der Waals surface area contributed by atoms with Crippen LogP contribution < -0.4 is 10.5 Å². The third-order valence-corrected chi connectivity index (χ3v) is 3.79. The Morgan fingerprint density at radius 2 is 2.05 bits per heavy atom. The van der Waals surface area contributed by atoms with Crippen LogP contribution in [0.5, 0.6) is 0 Å². The van der Waals surface area contributed by atoms with Crippen LogP contribution in [0.15, 0.2) is 23.1 Å². The fraction of sp³-hybridized carbons (Fsp3) is 0.364. The number of sulfonamides is 1. The average Bonchev–Trinajstić information content (AvgIpc) is 2.35. The second-order valence-corrected chi connectivity index (χ2v) is 5.41. The van der Waals surface area contributed by atoms with Crippen molar-refractivity contribution in [3.8, 4) is 0 Å². The predicted molar refractivity (Wildman–Crippen MR) is 74.0 cm³/mol. The number of esters is 1. The van der Waals surface area contributed by atoms with E-state index >= 15 is 0 Å². The van der Waals surface area contributed by atoms with E-state index in [0.29, 0.717) is 0 Å². The van der Waals surface area contributed by atoms with Crippen molar-refractivity contribution in [3.05, 3.63) is 29.3 Å². The fourth-order valence-corrected chi connectivity index (χ4v) is 2.64.